The zero-order chi connectivity index (χ0) is 38.8. The monoisotopic (exact) mass is 741 g/mol. The molecule has 1 atom stereocenters. The third kappa shape index (κ3) is 18.0. The van der Waals surface area contributed by atoms with Crippen molar-refractivity contribution in [3.8, 4) is 0 Å². The highest BCUT2D eigenvalue weighted by atomic mass is 32.2. The molecule has 4 nitrogen and oxygen atoms in total. The van der Waals surface area contributed by atoms with Crippen LogP contribution < -0.4 is 11.1 Å². The van der Waals surface area contributed by atoms with E-state index in [1.54, 1.807) is 5.57 Å². The molecule has 0 bridgehead atoms. The van der Waals surface area contributed by atoms with E-state index in [2.05, 4.69) is 85.7 Å². The SMILES string of the molecule is C=C1CC(=C)/C(=C(\CCC)CCNCCc2cccc(CCCCN(C)CC3=CN=C(C(N)c4ccccc4)C3)c2)S1.CC.CC.CC1CCCCC1. The van der Waals surface area contributed by atoms with Gasteiger partial charge in [0.25, 0.3) is 0 Å². The summed E-state index contributed by atoms with van der Waals surface area (Å²) in [5.74, 6) is 1.04. The zero-order valence-electron chi connectivity index (χ0n) is 35.0. The topological polar surface area (TPSA) is 53.6 Å². The lowest BCUT2D eigenvalue weighted by atomic mass is 9.91. The molecule has 2 heterocycles. The number of nitrogens with one attached hydrogen (secondary N) is 1. The minimum absolute atomic E-state index is 0.115. The summed E-state index contributed by atoms with van der Waals surface area (Å²) >= 11 is 1.84. The van der Waals surface area contributed by atoms with Crippen molar-refractivity contribution in [3.05, 3.63) is 117 Å². The third-order valence-corrected chi connectivity index (χ3v) is 11.2. The maximum Gasteiger partial charge on any atom is 0.0689 e. The Balaban J connectivity index is 0.000000771. The summed E-state index contributed by atoms with van der Waals surface area (Å²) in [5, 5.41) is 3.68. The zero-order valence-corrected chi connectivity index (χ0v) is 35.8. The number of rotatable bonds is 17. The molecule has 2 aliphatic heterocycles. The fourth-order valence-corrected chi connectivity index (χ4v) is 8.27. The number of aryl methyl sites for hydroxylation is 1. The quantitative estimate of drug-likeness (QED) is 0.159. The van der Waals surface area contributed by atoms with E-state index in [9.17, 15) is 0 Å². The van der Waals surface area contributed by atoms with Crippen LogP contribution in [0.15, 0.2) is 105 Å². The van der Waals surface area contributed by atoms with Gasteiger partial charge in [-0.05, 0) is 104 Å². The summed E-state index contributed by atoms with van der Waals surface area (Å²) < 4.78 is 0. The first kappa shape index (κ1) is 46.5. The van der Waals surface area contributed by atoms with Crippen molar-refractivity contribution >= 4 is 17.5 Å². The number of hydrogen-bond acceptors (Lipinski definition) is 5. The number of allylic oxidation sites excluding steroid dienone is 2. The van der Waals surface area contributed by atoms with Crippen molar-refractivity contribution in [1.82, 2.24) is 10.2 Å². The largest absolute Gasteiger partial charge is 0.319 e. The summed E-state index contributed by atoms with van der Waals surface area (Å²) in [5.41, 5.74) is 15.7. The number of nitrogens with zero attached hydrogens (tertiary/aromatic N) is 2. The number of nitrogens with two attached hydrogens (primary N) is 1. The molecular weight excluding hydrogens is 665 g/mol. The normalized spacial score (nSPS) is 17.2. The van der Waals surface area contributed by atoms with Crippen molar-refractivity contribution in [1.29, 1.82) is 0 Å². The van der Waals surface area contributed by atoms with Crippen LogP contribution in [0, 0.1) is 5.92 Å². The Morgan fingerprint density at radius 2 is 1.60 bits per heavy atom. The van der Waals surface area contributed by atoms with E-state index >= 15 is 0 Å². The Kier molecular flexibility index (Phi) is 24.4. The number of benzene rings is 2. The first-order chi connectivity index (χ1) is 25.8. The number of thioether (sulfide) groups is 1. The first-order valence-corrected chi connectivity index (χ1v) is 21.9. The Hall–Kier alpha value is -2.70. The van der Waals surface area contributed by atoms with Crippen LogP contribution in [0.25, 0.3) is 0 Å². The van der Waals surface area contributed by atoms with Gasteiger partial charge in [-0.15, -0.1) is 0 Å². The second-order valence-electron chi connectivity index (χ2n) is 14.6. The van der Waals surface area contributed by atoms with Crippen molar-refractivity contribution in [2.75, 3.05) is 33.2 Å². The summed E-state index contributed by atoms with van der Waals surface area (Å²) in [4.78, 5) is 9.71. The van der Waals surface area contributed by atoms with Crippen LogP contribution in [0.5, 0.6) is 0 Å². The highest BCUT2D eigenvalue weighted by Crippen LogP contribution is 2.45. The summed E-state index contributed by atoms with van der Waals surface area (Å²) in [6, 6.07) is 19.3. The molecule has 1 aliphatic carbocycles. The Labute approximate surface area is 331 Å². The van der Waals surface area contributed by atoms with Crippen LogP contribution in [0.3, 0.4) is 0 Å². The van der Waals surface area contributed by atoms with Gasteiger partial charge in [0, 0.05) is 36.2 Å². The second-order valence-corrected chi connectivity index (χ2v) is 15.8. The van der Waals surface area contributed by atoms with E-state index in [0.717, 1.165) is 81.9 Å². The van der Waals surface area contributed by atoms with Gasteiger partial charge in [-0.1, -0.05) is 165 Å². The average molecular weight is 741 g/mol. The fraction of sp³-hybridized carbons (Fsp3) is 0.562. The standard InChI is InChI=1S/C37H50N4S.C7H14.2C2H6/c1-5-12-34(37-28(2)23-29(3)42-37)19-21-39-20-18-31-15-11-14-30(24-31)13-9-10-22-41(4)27-32-25-35(40-26-32)36(38)33-16-7-6-8-17-33;1-7-5-3-2-4-6-7;2*1-2/h6-8,11,14-17,24,26,36,39H,2-3,5,9-10,12-13,18-23,25,27,38H2,1,4H3;7H,2-6H2,1H3;2*1-2H3/b37-34-;;;. The van der Waals surface area contributed by atoms with E-state index < -0.39 is 0 Å². The van der Waals surface area contributed by atoms with Gasteiger partial charge in [0.2, 0.25) is 0 Å². The van der Waals surface area contributed by atoms with Crippen molar-refractivity contribution in [2.24, 2.45) is 16.6 Å². The van der Waals surface area contributed by atoms with Crippen molar-refractivity contribution < 1.29 is 0 Å². The van der Waals surface area contributed by atoms with E-state index in [1.807, 2.05) is 63.9 Å². The van der Waals surface area contributed by atoms with E-state index in [1.165, 1.54) is 83.4 Å². The molecule has 1 saturated carbocycles. The molecule has 53 heavy (non-hydrogen) atoms. The molecule has 0 amide bonds. The lowest BCUT2D eigenvalue weighted by Gasteiger charge is -2.18. The van der Waals surface area contributed by atoms with Gasteiger partial charge in [0.05, 0.1) is 6.04 Å². The number of hydrogen-bond donors (Lipinski definition) is 2. The lowest BCUT2D eigenvalue weighted by Crippen LogP contribution is -2.24. The summed E-state index contributed by atoms with van der Waals surface area (Å²) in [6.07, 6.45) is 19.3. The Bertz CT molecular complexity index is 1420. The molecule has 2 aromatic carbocycles. The van der Waals surface area contributed by atoms with Gasteiger partial charge in [-0.2, -0.15) is 0 Å². The molecule has 2 aromatic rings. The van der Waals surface area contributed by atoms with Gasteiger partial charge in [-0.3, -0.25) is 4.99 Å². The van der Waals surface area contributed by atoms with Crippen LogP contribution >= 0.6 is 11.8 Å². The predicted molar refractivity (Wildman–Crippen MR) is 239 cm³/mol. The molecule has 1 unspecified atom stereocenters. The maximum atomic E-state index is 6.46. The van der Waals surface area contributed by atoms with Gasteiger partial charge in [-0.25, -0.2) is 0 Å². The Morgan fingerprint density at radius 1 is 0.906 bits per heavy atom. The third-order valence-electron chi connectivity index (χ3n) is 10.00. The van der Waals surface area contributed by atoms with Crippen LogP contribution in [0.1, 0.15) is 141 Å². The molecule has 2 fully saturated rings. The highest BCUT2D eigenvalue weighted by molar-refractivity contribution is 8.07. The van der Waals surface area contributed by atoms with Crippen LogP contribution in [0.4, 0.5) is 0 Å². The predicted octanol–water partition coefficient (Wildman–Crippen LogP) is 12.8. The second kappa shape index (κ2) is 27.8. The van der Waals surface area contributed by atoms with E-state index in [-0.39, 0.29) is 6.04 Å². The highest BCUT2D eigenvalue weighted by Gasteiger charge is 2.20. The molecule has 294 valence electrons. The van der Waals surface area contributed by atoms with E-state index in [4.69, 9.17) is 5.73 Å². The molecule has 0 aromatic heterocycles. The van der Waals surface area contributed by atoms with Crippen LogP contribution in [0.2, 0.25) is 0 Å². The molecule has 3 N–H and O–H groups in total. The number of unbranched alkanes of at least 4 members (excludes halogenated alkanes) is 1. The molecule has 1 saturated heterocycles. The fourth-order valence-electron chi connectivity index (χ4n) is 7.17. The van der Waals surface area contributed by atoms with Crippen molar-refractivity contribution in [3.63, 3.8) is 0 Å². The molecular formula is C48H76N4S. The van der Waals surface area contributed by atoms with Gasteiger partial charge < -0.3 is 16.0 Å². The number of aliphatic imine (C=N–C) groups is 1. The summed E-state index contributed by atoms with van der Waals surface area (Å²) in [7, 11) is 2.21. The maximum absolute atomic E-state index is 6.46. The molecule has 5 heteroatoms. The van der Waals surface area contributed by atoms with Crippen LogP contribution in [-0.4, -0.2) is 43.8 Å². The summed E-state index contributed by atoms with van der Waals surface area (Å²) in [6.45, 7) is 25.1. The van der Waals surface area contributed by atoms with Gasteiger partial charge in [0.1, 0.15) is 0 Å². The minimum atomic E-state index is -0.115. The molecule has 5 rings (SSSR count). The number of likely N-dealkylation sites (N-methyl/N-ethyl adjacent to an activating group) is 1. The first-order valence-electron chi connectivity index (χ1n) is 21.1. The van der Waals surface area contributed by atoms with Crippen molar-refractivity contribution in [2.45, 2.75) is 137 Å². The average Bonchev–Trinajstić information content (AvgIpc) is 3.80. The van der Waals surface area contributed by atoms with Crippen LogP contribution in [-0.2, 0) is 12.8 Å². The molecule has 0 spiro atoms. The lowest BCUT2D eigenvalue weighted by molar-refractivity contribution is 0.351. The van der Waals surface area contributed by atoms with Gasteiger partial charge >= 0.3 is 0 Å². The minimum Gasteiger partial charge on any atom is -0.319 e. The van der Waals surface area contributed by atoms with Gasteiger partial charge in [0.15, 0.2) is 0 Å². The van der Waals surface area contributed by atoms with E-state index in [0.29, 0.717) is 0 Å². The smallest absolute Gasteiger partial charge is 0.0689 e. The molecule has 3 aliphatic rings. The molecule has 0 radical (unpaired) electrons. The Morgan fingerprint density at radius 3 is 2.23 bits per heavy atom.